The molecule has 0 atom stereocenters. The summed E-state index contributed by atoms with van der Waals surface area (Å²) in [6.07, 6.45) is 1.01. The molecule has 112 valence electrons. The minimum atomic E-state index is -3.64. The molecule has 0 fully saturated rings. The number of nitrogens with one attached hydrogen (secondary N) is 2. The van der Waals surface area contributed by atoms with E-state index in [0.29, 0.717) is 10.7 Å². The molecule has 0 radical (unpaired) electrons. The quantitative estimate of drug-likeness (QED) is 0.845. The number of rotatable bonds is 6. The normalized spacial score (nSPS) is 11.1. The Bertz CT molecular complexity index is 700. The summed E-state index contributed by atoms with van der Waals surface area (Å²) in [5, 5.41) is 3.56. The maximum atomic E-state index is 12.3. The number of sulfonamides is 1. The minimum absolute atomic E-state index is 0.199. The first kappa shape index (κ1) is 15.7. The van der Waals surface area contributed by atoms with Crippen molar-refractivity contribution in [3.8, 4) is 0 Å². The Morgan fingerprint density at radius 3 is 2.33 bits per heavy atom. The summed E-state index contributed by atoms with van der Waals surface area (Å²) in [5.41, 5.74) is 1.26. The largest absolute Gasteiger partial charge is 0.385 e. The Kier molecular flexibility index (Phi) is 5.09. The van der Waals surface area contributed by atoms with Crippen molar-refractivity contribution in [2.45, 2.75) is 18.2 Å². The highest BCUT2D eigenvalue weighted by Crippen LogP contribution is 2.24. The van der Waals surface area contributed by atoms with Gasteiger partial charge >= 0.3 is 0 Å². The predicted molar refractivity (Wildman–Crippen MR) is 87.5 cm³/mol. The Balaban J connectivity index is 2.18. The lowest BCUT2D eigenvalue weighted by Gasteiger charge is -2.10. The van der Waals surface area contributed by atoms with Crippen LogP contribution in [-0.4, -0.2) is 15.0 Å². The van der Waals surface area contributed by atoms with Gasteiger partial charge in [0.25, 0.3) is 10.0 Å². The molecule has 2 aromatic carbocycles. The highest BCUT2D eigenvalue weighted by Gasteiger charge is 2.15. The molecule has 2 aromatic rings. The van der Waals surface area contributed by atoms with Crippen LogP contribution in [0, 0.1) is 0 Å². The van der Waals surface area contributed by atoms with Gasteiger partial charge in [0.05, 0.1) is 15.6 Å². The third-order valence-corrected chi connectivity index (χ3v) is 4.57. The molecule has 0 aliphatic heterocycles. The van der Waals surface area contributed by atoms with Crippen LogP contribution in [0.15, 0.2) is 53.4 Å². The lowest BCUT2D eigenvalue weighted by molar-refractivity contribution is 0.601. The van der Waals surface area contributed by atoms with Crippen molar-refractivity contribution < 1.29 is 8.42 Å². The van der Waals surface area contributed by atoms with Gasteiger partial charge in [-0.25, -0.2) is 8.42 Å². The third kappa shape index (κ3) is 4.12. The topological polar surface area (TPSA) is 58.2 Å². The van der Waals surface area contributed by atoms with Crippen LogP contribution in [0.4, 0.5) is 11.4 Å². The number of benzene rings is 2. The monoisotopic (exact) mass is 324 g/mol. The Labute approximate surface area is 130 Å². The van der Waals surface area contributed by atoms with Crippen LogP contribution in [0.5, 0.6) is 0 Å². The second-order valence-electron chi connectivity index (χ2n) is 4.54. The fraction of sp³-hybridized carbons (Fsp3) is 0.200. The molecule has 6 heteroatoms. The second kappa shape index (κ2) is 6.83. The van der Waals surface area contributed by atoms with Crippen molar-refractivity contribution >= 4 is 33.0 Å². The van der Waals surface area contributed by atoms with E-state index in [1.54, 1.807) is 48.5 Å². The number of para-hydroxylation sites is 1. The van der Waals surface area contributed by atoms with Crippen LogP contribution in [0.1, 0.15) is 13.3 Å². The number of anilines is 2. The summed E-state index contributed by atoms with van der Waals surface area (Å²) in [5.74, 6) is 0. The highest BCUT2D eigenvalue weighted by atomic mass is 35.5. The van der Waals surface area contributed by atoms with Gasteiger partial charge in [-0.2, -0.15) is 0 Å². The Hall–Kier alpha value is -1.72. The van der Waals surface area contributed by atoms with E-state index in [1.807, 2.05) is 0 Å². The predicted octanol–water partition coefficient (Wildman–Crippen LogP) is 3.96. The fourth-order valence-electron chi connectivity index (χ4n) is 1.77. The van der Waals surface area contributed by atoms with Gasteiger partial charge in [0.2, 0.25) is 0 Å². The van der Waals surface area contributed by atoms with Crippen LogP contribution in [0.2, 0.25) is 5.02 Å². The van der Waals surface area contributed by atoms with Gasteiger partial charge in [-0.05, 0) is 42.8 Å². The van der Waals surface area contributed by atoms with E-state index in [0.717, 1.165) is 18.7 Å². The average molecular weight is 325 g/mol. The molecule has 2 N–H and O–H groups in total. The van der Waals surface area contributed by atoms with Crippen molar-refractivity contribution in [3.05, 3.63) is 53.6 Å². The molecule has 2 rings (SSSR count). The Morgan fingerprint density at radius 1 is 1.05 bits per heavy atom. The molecule has 0 heterocycles. The molecular formula is C15H17ClN2O2S. The van der Waals surface area contributed by atoms with Crippen LogP contribution >= 0.6 is 11.6 Å². The average Bonchev–Trinajstić information content (AvgIpc) is 2.48. The molecule has 0 aliphatic carbocycles. The zero-order valence-corrected chi connectivity index (χ0v) is 13.2. The van der Waals surface area contributed by atoms with E-state index >= 15 is 0 Å². The number of halogens is 1. The maximum absolute atomic E-state index is 12.3. The van der Waals surface area contributed by atoms with Gasteiger partial charge in [0.15, 0.2) is 0 Å². The summed E-state index contributed by atoms with van der Waals surface area (Å²) in [7, 11) is -3.64. The fourth-order valence-corrected chi connectivity index (χ4v) is 3.09. The standard InChI is InChI=1S/C15H17ClN2O2S/c1-2-11-17-12-7-9-13(10-8-12)21(19,20)18-15-6-4-3-5-14(15)16/h3-10,17-18H,2,11H2,1H3. The zero-order valence-electron chi connectivity index (χ0n) is 11.6. The first-order valence-corrected chi connectivity index (χ1v) is 8.50. The Morgan fingerprint density at radius 2 is 1.71 bits per heavy atom. The van der Waals surface area contributed by atoms with E-state index in [-0.39, 0.29) is 4.90 Å². The molecule has 0 aliphatic rings. The van der Waals surface area contributed by atoms with Gasteiger partial charge in [-0.3, -0.25) is 4.72 Å². The molecular weight excluding hydrogens is 308 g/mol. The van der Waals surface area contributed by atoms with Gasteiger partial charge in [0, 0.05) is 12.2 Å². The third-order valence-electron chi connectivity index (χ3n) is 2.86. The van der Waals surface area contributed by atoms with Crippen LogP contribution in [0.3, 0.4) is 0 Å². The minimum Gasteiger partial charge on any atom is -0.385 e. The smallest absolute Gasteiger partial charge is 0.261 e. The molecule has 4 nitrogen and oxygen atoms in total. The van der Waals surface area contributed by atoms with E-state index in [1.165, 1.54) is 0 Å². The molecule has 0 aromatic heterocycles. The van der Waals surface area contributed by atoms with Crippen molar-refractivity contribution in [2.24, 2.45) is 0 Å². The number of hydrogen-bond donors (Lipinski definition) is 2. The molecule has 0 bridgehead atoms. The lowest BCUT2D eigenvalue weighted by Crippen LogP contribution is -2.13. The summed E-state index contributed by atoms with van der Waals surface area (Å²) in [4.78, 5) is 0.199. The molecule has 21 heavy (non-hydrogen) atoms. The van der Waals surface area contributed by atoms with Crippen molar-refractivity contribution in [1.82, 2.24) is 0 Å². The van der Waals surface area contributed by atoms with E-state index in [9.17, 15) is 8.42 Å². The molecule has 0 unspecified atom stereocenters. The van der Waals surface area contributed by atoms with Gasteiger partial charge in [-0.1, -0.05) is 30.7 Å². The van der Waals surface area contributed by atoms with Crippen LogP contribution in [-0.2, 0) is 10.0 Å². The van der Waals surface area contributed by atoms with Crippen molar-refractivity contribution in [3.63, 3.8) is 0 Å². The summed E-state index contributed by atoms with van der Waals surface area (Å²) in [6.45, 7) is 2.92. The summed E-state index contributed by atoms with van der Waals surface area (Å²) < 4.78 is 27.1. The van der Waals surface area contributed by atoms with Crippen molar-refractivity contribution in [1.29, 1.82) is 0 Å². The summed E-state index contributed by atoms with van der Waals surface area (Å²) in [6, 6.07) is 13.4. The van der Waals surface area contributed by atoms with E-state index < -0.39 is 10.0 Å². The maximum Gasteiger partial charge on any atom is 0.261 e. The first-order chi connectivity index (χ1) is 10.0. The van der Waals surface area contributed by atoms with Gasteiger partial charge in [0.1, 0.15) is 0 Å². The molecule has 0 saturated carbocycles. The van der Waals surface area contributed by atoms with Gasteiger partial charge in [-0.15, -0.1) is 0 Å². The van der Waals surface area contributed by atoms with Crippen molar-refractivity contribution in [2.75, 3.05) is 16.6 Å². The van der Waals surface area contributed by atoms with Gasteiger partial charge < -0.3 is 5.32 Å². The zero-order chi connectivity index (χ0) is 15.3. The van der Waals surface area contributed by atoms with Crippen LogP contribution < -0.4 is 10.0 Å². The first-order valence-electron chi connectivity index (χ1n) is 6.64. The van der Waals surface area contributed by atoms with Crippen LogP contribution in [0.25, 0.3) is 0 Å². The number of hydrogen-bond acceptors (Lipinski definition) is 3. The van der Waals surface area contributed by atoms with E-state index in [4.69, 9.17) is 11.6 Å². The second-order valence-corrected chi connectivity index (χ2v) is 6.63. The molecule has 0 amide bonds. The SMILES string of the molecule is CCCNc1ccc(S(=O)(=O)Nc2ccccc2Cl)cc1. The molecule has 0 saturated heterocycles. The highest BCUT2D eigenvalue weighted by molar-refractivity contribution is 7.92. The van der Waals surface area contributed by atoms with E-state index in [2.05, 4.69) is 17.0 Å². The molecule has 0 spiro atoms. The summed E-state index contributed by atoms with van der Waals surface area (Å²) >= 11 is 5.96. The lowest BCUT2D eigenvalue weighted by atomic mass is 10.3.